The molecular weight excluding hydrogens is 392 g/mol. The van der Waals surface area contributed by atoms with Crippen LogP contribution in [-0.2, 0) is 4.79 Å². The summed E-state index contributed by atoms with van der Waals surface area (Å²) in [4.78, 5) is 12.4. The number of aromatic nitrogens is 2. The Labute approximate surface area is 181 Å². The largest absolute Gasteiger partial charge is 0.355 e. The number of aryl methyl sites for hydroxylation is 1. The Morgan fingerprint density at radius 2 is 1.63 bits per heavy atom. The molecule has 0 spiro atoms. The van der Waals surface area contributed by atoms with E-state index in [-0.39, 0.29) is 17.6 Å². The van der Waals surface area contributed by atoms with Gasteiger partial charge in [0.2, 0.25) is 5.91 Å². The van der Waals surface area contributed by atoms with Crippen LogP contribution in [0.4, 0.5) is 0 Å². The molecule has 1 heterocycles. The summed E-state index contributed by atoms with van der Waals surface area (Å²) in [6, 6.07) is 22.8. The van der Waals surface area contributed by atoms with Gasteiger partial charge in [0, 0.05) is 12.5 Å². The van der Waals surface area contributed by atoms with E-state index in [1.807, 2.05) is 50.2 Å². The average Bonchev–Trinajstić information content (AvgIpc) is 2.78. The average molecular weight is 417 g/mol. The third-order valence-corrected chi connectivity index (χ3v) is 6.00. The van der Waals surface area contributed by atoms with Crippen molar-refractivity contribution in [2.24, 2.45) is 0 Å². The zero-order valence-corrected chi connectivity index (χ0v) is 17.9. The van der Waals surface area contributed by atoms with Gasteiger partial charge in [-0.3, -0.25) is 4.79 Å². The molecule has 0 unspecified atom stereocenters. The summed E-state index contributed by atoms with van der Waals surface area (Å²) in [6.07, 6.45) is 0.803. The molecule has 3 aromatic rings. The third kappa shape index (κ3) is 5.46. The van der Waals surface area contributed by atoms with Gasteiger partial charge in [-0.1, -0.05) is 72.4 Å². The maximum absolute atomic E-state index is 12.4. The number of rotatable bonds is 8. The zero-order chi connectivity index (χ0) is 21.3. The number of carbonyl (C=O) groups is 1. The third-order valence-electron chi connectivity index (χ3n) is 5.03. The summed E-state index contributed by atoms with van der Waals surface area (Å²) < 4.78 is 0. The van der Waals surface area contributed by atoms with Gasteiger partial charge >= 0.3 is 0 Å². The van der Waals surface area contributed by atoms with Crippen LogP contribution in [0.25, 0.3) is 0 Å². The van der Waals surface area contributed by atoms with Crippen molar-refractivity contribution < 1.29 is 4.79 Å². The fourth-order valence-corrected chi connectivity index (χ4v) is 4.07. The predicted octanol–water partition coefficient (Wildman–Crippen LogP) is 4.40. The first-order valence-corrected chi connectivity index (χ1v) is 10.8. The van der Waals surface area contributed by atoms with Crippen molar-refractivity contribution in [2.45, 2.75) is 31.2 Å². The lowest BCUT2D eigenvalue weighted by molar-refractivity contribution is -0.118. The molecule has 0 saturated carbocycles. The molecule has 0 aliphatic carbocycles. The first-order chi connectivity index (χ1) is 14.6. The van der Waals surface area contributed by atoms with Gasteiger partial charge in [-0.05, 0) is 37.0 Å². The molecule has 0 atom stereocenters. The number of nitriles is 1. The number of thioether (sulfide) groups is 1. The van der Waals surface area contributed by atoms with Gasteiger partial charge in [-0.25, -0.2) is 0 Å². The highest BCUT2D eigenvalue weighted by molar-refractivity contribution is 7.99. The minimum Gasteiger partial charge on any atom is -0.355 e. The molecule has 2 aromatic carbocycles. The molecule has 6 heteroatoms. The van der Waals surface area contributed by atoms with Crippen molar-refractivity contribution >= 4 is 17.7 Å². The molecule has 3 rings (SSSR count). The first-order valence-electron chi connectivity index (χ1n) is 9.83. The lowest BCUT2D eigenvalue weighted by atomic mass is 9.88. The van der Waals surface area contributed by atoms with Gasteiger partial charge in [0.1, 0.15) is 11.1 Å². The molecule has 1 N–H and O–H groups in total. The van der Waals surface area contributed by atoms with Crippen molar-refractivity contribution in [3.05, 3.63) is 88.6 Å². The smallest absolute Gasteiger partial charge is 0.230 e. The lowest BCUT2D eigenvalue weighted by Crippen LogP contribution is -2.27. The van der Waals surface area contributed by atoms with Gasteiger partial charge in [0.05, 0.1) is 17.0 Å². The molecule has 0 bridgehead atoms. The van der Waals surface area contributed by atoms with E-state index < -0.39 is 0 Å². The molecule has 1 aromatic heterocycles. The van der Waals surface area contributed by atoms with E-state index in [1.54, 1.807) is 0 Å². The predicted molar refractivity (Wildman–Crippen MR) is 119 cm³/mol. The van der Waals surface area contributed by atoms with Crippen LogP contribution >= 0.6 is 11.8 Å². The number of benzene rings is 2. The zero-order valence-electron chi connectivity index (χ0n) is 17.1. The van der Waals surface area contributed by atoms with Crippen LogP contribution in [0.15, 0.2) is 65.7 Å². The normalized spacial score (nSPS) is 10.6. The molecule has 0 radical (unpaired) electrons. The van der Waals surface area contributed by atoms with Crippen molar-refractivity contribution in [3.8, 4) is 6.07 Å². The topological polar surface area (TPSA) is 78.7 Å². The van der Waals surface area contributed by atoms with Crippen molar-refractivity contribution in [2.75, 3.05) is 12.3 Å². The number of hydrogen-bond donors (Lipinski definition) is 1. The number of amides is 1. The van der Waals surface area contributed by atoms with Gasteiger partial charge in [-0.2, -0.15) is 10.4 Å². The summed E-state index contributed by atoms with van der Waals surface area (Å²) in [6.45, 7) is 4.23. The van der Waals surface area contributed by atoms with Crippen LogP contribution in [0.3, 0.4) is 0 Å². The molecule has 0 aliphatic heterocycles. The molecule has 1 amide bonds. The summed E-state index contributed by atoms with van der Waals surface area (Å²) in [5.74, 6) is 0.340. The minimum absolute atomic E-state index is 0.0798. The van der Waals surface area contributed by atoms with Crippen molar-refractivity contribution in [1.82, 2.24) is 15.5 Å². The fraction of sp³-hybridized carbons (Fsp3) is 0.250. The number of hydrogen-bond acceptors (Lipinski definition) is 5. The van der Waals surface area contributed by atoms with E-state index in [1.165, 1.54) is 22.9 Å². The van der Waals surface area contributed by atoms with E-state index in [4.69, 9.17) is 0 Å². The first kappa shape index (κ1) is 21.5. The number of nitrogens with one attached hydrogen (secondary N) is 1. The summed E-state index contributed by atoms with van der Waals surface area (Å²) in [5.41, 5.74) is 4.50. The molecule has 0 saturated heterocycles. The van der Waals surface area contributed by atoms with Crippen LogP contribution in [0.5, 0.6) is 0 Å². The van der Waals surface area contributed by atoms with E-state index in [0.29, 0.717) is 17.1 Å². The molecule has 0 fully saturated rings. The SMILES string of the molecule is Cc1nnc(SCC(=O)NCCC(c2ccccc2)c2ccccc2)c(C#N)c1C. The Morgan fingerprint density at radius 3 is 2.20 bits per heavy atom. The number of nitrogens with zero attached hydrogens (tertiary/aromatic N) is 3. The molecule has 0 aliphatic rings. The second-order valence-electron chi connectivity index (χ2n) is 7.00. The standard InChI is InChI=1S/C24H24N4OS/c1-17-18(2)27-28-24(22(17)15-25)30-16-23(29)26-14-13-21(19-9-5-3-6-10-19)20-11-7-4-8-12-20/h3-12,21H,13-14,16H2,1-2H3,(H,26,29). The maximum atomic E-state index is 12.4. The van der Waals surface area contributed by atoms with Crippen molar-refractivity contribution in [1.29, 1.82) is 5.26 Å². The summed E-state index contributed by atoms with van der Waals surface area (Å²) >= 11 is 1.25. The number of carbonyl (C=O) groups excluding carboxylic acids is 1. The Bertz CT molecular complexity index is 993. The van der Waals surface area contributed by atoms with E-state index in [0.717, 1.165) is 17.7 Å². The van der Waals surface area contributed by atoms with E-state index in [2.05, 4.69) is 45.8 Å². The molecule has 30 heavy (non-hydrogen) atoms. The van der Waals surface area contributed by atoms with Crippen LogP contribution in [-0.4, -0.2) is 28.4 Å². The Morgan fingerprint density at radius 1 is 1.03 bits per heavy atom. The van der Waals surface area contributed by atoms with E-state index in [9.17, 15) is 10.1 Å². The van der Waals surface area contributed by atoms with Crippen LogP contribution in [0.2, 0.25) is 0 Å². The molecular formula is C24H24N4OS. The Kier molecular flexibility index (Phi) is 7.58. The highest BCUT2D eigenvalue weighted by Gasteiger charge is 2.15. The Hall–Kier alpha value is -3.17. The van der Waals surface area contributed by atoms with Crippen LogP contribution in [0, 0.1) is 25.2 Å². The quantitative estimate of drug-likeness (QED) is 0.551. The monoisotopic (exact) mass is 416 g/mol. The molecule has 5 nitrogen and oxygen atoms in total. The highest BCUT2D eigenvalue weighted by Crippen LogP contribution is 2.27. The van der Waals surface area contributed by atoms with Gasteiger partial charge in [-0.15, -0.1) is 5.10 Å². The minimum atomic E-state index is -0.0798. The van der Waals surface area contributed by atoms with Gasteiger partial charge in [0.25, 0.3) is 0 Å². The highest BCUT2D eigenvalue weighted by atomic mass is 32.2. The molecule has 152 valence electrons. The van der Waals surface area contributed by atoms with Crippen LogP contribution < -0.4 is 5.32 Å². The second kappa shape index (κ2) is 10.6. The lowest BCUT2D eigenvalue weighted by Gasteiger charge is -2.18. The van der Waals surface area contributed by atoms with Crippen molar-refractivity contribution in [3.63, 3.8) is 0 Å². The van der Waals surface area contributed by atoms with Crippen LogP contribution in [0.1, 0.15) is 40.3 Å². The van der Waals surface area contributed by atoms with E-state index >= 15 is 0 Å². The summed E-state index contributed by atoms with van der Waals surface area (Å²) in [7, 11) is 0. The second-order valence-corrected chi connectivity index (χ2v) is 7.97. The fourth-order valence-electron chi connectivity index (χ4n) is 3.26. The Balaban J connectivity index is 1.58. The summed E-state index contributed by atoms with van der Waals surface area (Å²) in [5, 5.41) is 21.0. The van der Waals surface area contributed by atoms with Gasteiger partial charge < -0.3 is 5.32 Å². The maximum Gasteiger partial charge on any atom is 0.230 e. The van der Waals surface area contributed by atoms with Gasteiger partial charge in [0.15, 0.2) is 0 Å².